The predicted molar refractivity (Wildman–Crippen MR) is 136 cm³/mol. The summed E-state index contributed by atoms with van der Waals surface area (Å²) < 4.78 is 54.3. The Morgan fingerprint density at radius 2 is 1.97 bits per heavy atom. The number of nitrogens with zero attached hydrogens (tertiary/aromatic N) is 3. The summed E-state index contributed by atoms with van der Waals surface area (Å²) >= 11 is 0. The molecule has 0 bridgehead atoms. The lowest BCUT2D eigenvalue weighted by atomic mass is 9.90. The van der Waals surface area contributed by atoms with Crippen LogP contribution in [0, 0.1) is 17.7 Å². The lowest BCUT2D eigenvalue weighted by Crippen LogP contribution is -2.44. The van der Waals surface area contributed by atoms with E-state index in [9.17, 15) is 13.2 Å². The van der Waals surface area contributed by atoms with E-state index in [4.69, 9.17) is 15.2 Å². The second kappa shape index (κ2) is 10.4. The van der Waals surface area contributed by atoms with E-state index in [2.05, 4.69) is 16.9 Å². The number of sulfonamides is 1. The first-order valence-corrected chi connectivity index (χ1v) is 13.9. The maximum Gasteiger partial charge on any atom is 0.281 e. The Hall–Kier alpha value is -2.99. The number of pyridine rings is 2. The van der Waals surface area contributed by atoms with Gasteiger partial charge in [0.05, 0.1) is 5.56 Å². The van der Waals surface area contributed by atoms with E-state index < -0.39 is 32.3 Å². The van der Waals surface area contributed by atoms with Gasteiger partial charge in [-0.25, -0.2) is 14.1 Å². The van der Waals surface area contributed by atoms with Crippen molar-refractivity contribution in [3.63, 3.8) is 0 Å². The number of halogens is 1. The fraction of sp³-hybridized carbons (Fsp3) is 0.560. The van der Waals surface area contributed by atoms with E-state index in [1.54, 1.807) is 0 Å². The van der Waals surface area contributed by atoms with Crippen LogP contribution in [0.25, 0.3) is 0 Å². The molecule has 2 aliphatic heterocycles. The van der Waals surface area contributed by atoms with Crippen LogP contribution in [0.4, 0.5) is 16.0 Å². The third kappa shape index (κ3) is 5.64. The number of anilines is 2. The lowest BCUT2D eigenvalue weighted by Gasteiger charge is -2.37. The number of nitrogens with one attached hydrogen (secondary N) is 1. The number of amides is 1. The molecule has 0 spiro atoms. The maximum atomic E-state index is 15.3. The molecule has 4 heterocycles. The summed E-state index contributed by atoms with van der Waals surface area (Å²) in [6.45, 7) is 9.77. The molecule has 2 fully saturated rings. The molecular weight excluding hydrogens is 501 g/mol. The molecule has 1 amide bonds. The Labute approximate surface area is 216 Å². The van der Waals surface area contributed by atoms with Gasteiger partial charge in [0.15, 0.2) is 10.8 Å². The van der Waals surface area contributed by atoms with Gasteiger partial charge in [0.2, 0.25) is 0 Å². The molecule has 37 heavy (non-hydrogen) atoms. The number of hydrogen-bond acceptors (Lipinski definition) is 9. The van der Waals surface area contributed by atoms with Crippen molar-refractivity contribution in [1.29, 1.82) is 0 Å². The van der Waals surface area contributed by atoms with Crippen LogP contribution < -0.4 is 20.1 Å². The van der Waals surface area contributed by atoms with Crippen LogP contribution in [0.15, 0.2) is 29.3 Å². The Kier molecular flexibility index (Phi) is 7.61. The minimum absolute atomic E-state index is 0.0170. The van der Waals surface area contributed by atoms with Crippen molar-refractivity contribution in [1.82, 2.24) is 14.7 Å². The number of hydrogen-bond donors (Lipinski definition) is 2. The molecule has 2 aromatic rings. The zero-order valence-electron chi connectivity index (χ0n) is 21.5. The molecule has 10 nitrogen and oxygen atoms in total. The van der Waals surface area contributed by atoms with Gasteiger partial charge in [-0.15, -0.1) is 0 Å². The lowest BCUT2D eigenvalue weighted by molar-refractivity contribution is 0.0213. The Balaban J connectivity index is 1.70. The van der Waals surface area contributed by atoms with Crippen LogP contribution in [0.1, 0.15) is 57.3 Å². The van der Waals surface area contributed by atoms with E-state index in [0.29, 0.717) is 19.8 Å². The average molecular weight is 536 g/mol. The molecule has 2 aliphatic rings. The average Bonchev–Trinajstić information content (AvgIpc) is 3.12. The molecule has 2 unspecified atom stereocenters. The van der Waals surface area contributed by atoms with Crippen LogP contribution in [0.3, 0.4) is 0 Å². The van der Waals surface area contributed by atoms with Gasteiger partial charge in [0.25, 0.3) is 21.8 Å². The third-order valence-electron chi connectivity index (χ3n) is 7.59. The van der Waals surface area contributed by atoms with E-state index >= 15 is 4.39 Å². The van der Waals surface area contributed by atoms with Crippen molar-refractivity contribution in [2.45, 2.75) is 63.6 Å². The number of rotatable bonds is 7. The minimum atomic E-state index is -4.37. The normalized spacial score (nSPS) is 21.0. The van der Waals surface area contributed by atoms with Gasteiger partial charge < -0.3 is 20.1 Å². The van der Waals surface area contributed by atoms with Crippen molar-refractivity contribution >= 4 is 27.6 Å². The van der Waals surface area contributed by atoms with Crippen molar-refractivity contribution in [3.8, 4) is 5.88 Å². The Morgan fingerprint density at radius 3 is 2.59 bits per heavy atom. The molecule has 0 aliphatic carbocycles. The number of aromatic nitrogens is 2. The molecule has 12 heteroatoms. The first kappa shape index (κ1) is 27.1. The quantitative estimate of drug-likeness (QED) is 0.548. The molecule has 202 valence electrons. The number of nitrogen functional groups attached to an aromatic ring is 1. The molecule has 2 atom stereocenters. The number of carbonyl (C=O) groups is 1. The van der Waals surface area contributed by atoms with Gasteiger partial charge in [-0.3, -0.25) is 4.79 Å². The summed E-state index contributed by atoms with van der Waals surface area (Å²) in [7, 11) is -4.37. The van der Waals surface area contributed by atoms with Gasteiger partial charge in [-0.2, -0.15) is 13.4 Å². The predicted octanol–water partition coefficient (Wildman–Crippen LogP) is 3.14. The highest BCUT2D eigenvalue weighted by Crippen LogP contribution is 2.40. The Morgan fingerprint density at radius 1 is 1.27 bits per heavy atom. The van der Waals surface area contributed by atoms with E-state index in [-0.39, 0.29) is 41.0 Å². The standard InChI is InChI=1S/C25H34FN5O5S/c1-15-8-11-31(25(15,3)4)22-18(23(32)30-37(33,34)21-7-5-6-20(27)28-21)14-19(26)24(29-22)36-16(2)17-9-12-35-13-10-17/h5-7,14-17H,8-13H2,1-4H3,(H2,27,28)(H,30,32). The monoisotopic (exact) mass is 535 g/mol. The second-order valence-corrected chi connectivity index (χ2v) is 11.9. The topological polar surface area (TPSA) is 137 Å². The summed E-state index contributed by atoms with van der Waals surface area (Å²) in [5, 5.41) is -0.420. The highest BCUT2D eigenvalue weighted by molar-refractivity contribution is 7.90. The van der Waals surface area contributed by atoms with Crippen molar-refractivity contribution in [2.24, 2.45) is 11.8 Å². The third-order valence-corrected chi connectivity index (χ3v) is 8.82. The van der Waals surface area contributed by atoms with Crippen molar-refractivity contribution < 1.29 is 27.1 Å². The zero-order valence-corrected chi connectivity index (χ0v) is 22.3. The first-order chi connectivity index (χ1) is 17.4. The fourth-order valence-electron chi connectivity index (χ4n) is 4.79. The SMILES string of the molecule is CC(Oc1nc(N2CCC(C)C2(C)C)c(C(=O)NS(=O)(=O)c2cccc(N)n2)cc1F)C1CCOCC1. The van der Waals surface area contributed by atoms with E-state index in [1.807, 2.05) is 30.4 Å². The molecule has 0 saturated carbocycles. The summed E-state index contributed by atoms with van der Waals surface area (Å²) in [5.41, 5.74) is 4.97. The molecule has 0 aromatic carbocycles. The van der Waals surface area contributed by atoms with Gasteiger partial charge in [0.1, 0.15) is 17.7 Å². The summed E-state index contributed by atoms with van der Waals surface area (Å²) in [6, 6.07) is 5.04. The van der Waals surface area contributed by atoms with Crippen LogP contribution in [0.5, 0.6) is 5.88 Å². The van der Waals surface area contributed by atoms with Crippen LogP contribution in [-0.2, 0) is 14.8 Å². The van der Waals surface area contributed by atoms with Crippen LogP contribution in [-0.4, -0.2) is 55.7 Å². The number of nitrogens with two attached hydrogens (primary N) is 1. The van der Waals surface area contributed by atoms with Crippen LogP contribution >= 0.6 is 0 Å². The number of ether oxygens (including phenoxy) is 2. The Bertz CT molecular complexity index is 1270. The molecule has 2 aromatic heterocycles. The molecule has 4 rings (SSSR count). The molecule has 3 N–H and O–H groups in total. The van der Waals surface area contributed by atoms with Crippen LogP contribution in [0.2, 0.25) is 0 Å². The summed E-state index contributed by atoms with van der Waals surface area (Å²) in [5.74, 6) is -1.51. The van der Waals surface area contributed by atoms with Crippen molar-refractivity contribution in [3.05, 3.63) is 35.6 Å². The fourth-order valence-corrected chi connectivity index (χ4v) is 5.74. The van der Waals surface area contributed by atoms with Gasteiger partial charge in [0, 0.05) is 25.3 Å². The minimum Gasteiger partial charge on any atom is -0.472 e. The van der Waals surface area contributed by atoms with Gasteiger partial charge in [-0.1, -0.05) is 13.0 Å². The summed E-state index contributed by atoms with van der Waals surface area (Å²) in [6.07, 6.45) is 2.09. The highest BCUT2D eigenvalue weighted by atomic mass is 32.2. The van der Waals surface area contributed by atoms with Gasteiger partial charge in [-0.05, 0) is 70.1 Å². The van der Waals surface area contributed by atoms with Crippen molar-refractivity contribution in [2.75, 3.05) is 30.4 Å². The molecule has 2 saturated heterocycles. The zero-order chi connectivity index (χ0) is 27.0. The summed E-state index contributed by atoms with van der Waals surface area (Å²) in [4.78, 5) is 23.4. The smallest absolute Gasteiger partial charge is 0.281 e. The second-order valence-electron chi connectivity index (χ2n) is 10.2. The first-order valence-electron chi connectivity index (χ1n) is 12.4. The van der Waals surface area contributed by atoms with Gasteiger partial charge >= 0.3 is 0 Å². The largest absolute Gasteiger partial charge is 0.472 e. The number of carbonyl (C=O) groups excluding carboxylic acids is 1. The molecular formula is C25H34FN5O5S. The highest BCUT2D eigenvalue weighted by Gasteiger charge is 2.41. The maximum absolute atomic E-state index is 15.3. The van der Waals surface area contributed by atoms with E-state index in [1.165, 1.54) is 18.2 Å². The molecule has 0 radical (unpaired) electrons. The van der Waals surface area contributed by atoms with E-state index in [0.717, 1.165) is 25.3 Å².